The molecule has 3 heterocycles. The molecule has 6 heteroatoms. The standard InChI is InChI=1S/C20H18N4OS/c1-12-4-7-15(8-5-12)17-18(19(25)23-20-21-10-14(3)26-20)24-11-13(2)6-9-16(24)22-17/h4-11H,1-3H3,(H,21,23,25). The quantitative estimate of drug-likeness (QED) is 0.578. The van der Waals surface area contributed by atoms with Gasteiger partial charge < -0.3 is 0 Å². The van der Waals surface area contributed by atoms with Gasteiger partial charge in [-0.2, -0.15) is 0 Å². The van der Waals surface area contributed by atoms with E-state index in [0.717, 1.165) is 27.2 Å². The van der Waals surface area contributed by atoms with Gasteiger partial charge in [-0.1, -0.05) is 35.9 Å². The van der Waals surface area contributed by atoms with E-state index in [9.17, 15) is 4.79 Å². The van der Waals surface area contributed by atoms with Crippen molar-refractivity contribution in [3.05, 3.63) is 70.5 Å². The van der Waals surface area contributed by atoms with Gasteiger partial charge in [-0.15, -0.1) is 11.3 Å². The molecule has 0 aliphatic rings. The van der Waals surface area contributed by atoms with Crippen LogP contribution >= 0.6 is 11.3 Å². The van der Waals surface area contributed by atoms with E-state index in [1.807, 2.05) is 67.8 Å². The topological polar surface area (TPSA) is 59.3 Å². The molecule has 3 aromatic heterocycles. The maximum Gasteiger partial charge on any atom is 0.276 e. The van der Waals surface area contributed by atoms with Gasteiger partial charge in [-0.05, 0) is 32.4 Å². The Morgan fingerprint density at radius 3 is 2.46 bits per heavy atom. The number of pyridine rings is 1. The number of imidazole rings is 1. The molecule has 1 amide bonds. The second kappa shape index (κ2) is 6.38. The van der Waals surface area contributed by atoms with Crippen LogP contribution in [-0.4, -0.2) is 20.3 Å². The molecule has 26 heavy (non-hydrogen) atoms. The molecule has 5 nitrogen and oxygen atoms in total. The lowest BCUT2D eigenvalue weighted by molar-refractivity contribution is 0.102. The summed E-state index contributed by atoms with van der Waals surface area (Å²) in [6, 6.07) is 12.0. The van der Waals surface area contributed by atoms with Gasteiger partial charge in [-0.3, -0.25) is 14.5 Å². The molecule has 0 radical (unpaired) electrons. The molecule has 0 saturated carbocycles. The number of hydrogen-bond acceptors (Lipinski definition) is 4. The maximum atomic E-state index is 13.1. The molecule has 1 N–H and O–H groups in total. The Labute approximate surface area is 155 Å². The van der Waals surface area contributed by atoms with Gasteiger partial charge in [-0.25, -0.2) is 9.97 Å². The first-order valence-corrected chi connectivity index (χ1v) is 9.12. The van der Waals surface area contributed by atoms with Gasteiger partial charge in [0, 0.05) is 22.8 Å². The van der Waals surface area contributed by atoms with Crippen molar-refractivity contribution in [2.75, 3.05) is 5.32 Å². The Balaban J connectivity index is 1.87. The molecule has 0 atom stereocenters. The van der Waals surface area contributed by atoms with Crippen LogP contribution in [0.4, 0.5) is 5.13 Å². The predicted molar refractivity (Wildman–Crippen MR) is 105 cm³/mol. The van der Waals surface area contributed by atoms with Crippen LogP contribution in [0.5, 0.6) is 0 Å². The van der Waals surface area contributed by atoms with Crippen LogP contribution in [0.3, 0.4) is 0 Å². The summed E-state index contributed by atoms with van der Waals surface area (Å²) in [6.45, 7) is 5.99. The summed E-state index contributed by atoms with van der Waals surface area (Å²) >= 11 is 1.45. The zero-order chi connectivity index (χ0) is 18.3. The van der Waals surface area contributed by atoms with Crippen molar-refractivity contribution in [3.63, 3.8) is 0 Å². The third-order valence-corrected chi connectivity index (χ3v) is 4.98. The molecule has 4 rings (SSSR count). The third kappa shape index (κ3) is 2.99. The van der Waals surface area contributed by atoms with Crippen molar-refractivity contribution >= 4 is 28.0 Å². The number of rotatable bonds is 3. The van der Waals surface area contributed by atoms with Crippen LogP contribution in [-0.2, 0) is 0 Å². The van der Waals surface area contributed by atoms with Crippen LogP contribution in [0, 0.1) is 20.8 Å². The summed E-state index contributed by atoms with van der Waals surface area (Å²) in [4.78, 5) is 23.1. The normalized spacial score (nSPS) is 11.0. The third-order valence-electron chi connectivity index (χ3n) is 4.15. The second-order valence-corrected chi connectivity index (χ2v) is 7.57. The zero-order valence-corrected chi connectivity index (χ0v) is 15.6. The number of aryl methyl sites for hydroxylation is 3. The Kier molecular flexibility index (Phi) is 4.05. The molecular weight excluding hydrogens is 344 g/mol. The van der Waals surface area contributed by atoms with E-state index in [0.29, 0.717) is 16.5 Å². The molecule has 0 saturated heterocycles. The van der Waals surface area contributed by atoms with E-state index in [1.165, 1.54) is 11.3 Å². The van der Waals surface area contributed by atoms with E-state index in [4.69, 9.17) is 4.98 Å². The zero-order valence-electron chi connectivity index (χ0n) is 14.8. The molecule has 0 unspecified atom stereocenters. The number of benzene rings is 1. The van der Waals surface area contributed by atoms with Crippen LogP contribution < -0.4 is 5.32 Å². The minimum atomic E-state index is -0.215. The molecule has 0 bridgehead atoms. The molecule has 4 aromatic rings. The molecule has 0 aliphatic heterocycles. The van der Waals surface area contributed by atoms with Crippen LogP contribution in [0.2, 0.25) is 0 Å². The van der Waals surface area contributed by atoms with E-state index in [1.54, 1.807) is 6.20 Å². The fourth-order valence-corrected chi connectivity index (χ4v) is 3.51. The summed E-state index contributed by atoms with van der Waals surface area (Å²) in [5.74, 6) is -0.215. The van der Waals surface area contributed by atoms with E-state index in [2.05, 4.69) is 10.3 Å². The summed E-state index contributed by atoms with van der Waals surface area (Å²) < 4.78 is 1.85. The Morgan fingerprint density at radius 1 is 1.04 bits per heavy atom. The van der Waals surface area contributed by atoms with Gasteiger partial charge >= 0.3 is 0 Å². The Hall–Kier alpha value is -2.99. The van der Waals surface area contributed by atoms with Crippen molar-refractivity contribution in [1.29, 1.82) is 0 Å². The van der Waals surface area contributed by atoms with E-state index in [-0.39, 0.29) is 5.91 Å². The number of nitrogens with zero attached hydrogens (tertiary/aromatic N) is 3. The molecule has 0 aliphatic carbocycles. The first-order valence-electron chi connectivity index (χ1n) is 8.31. The average molecular weight is 362 g/mol. The minimum absolute atomic E-state index is 0.215. The summed E-state index contributed by atoms with van der Waals surface area (Å²) in [7, 11) is 0. The molecule has 130 valence electrons. The van der Waals surface area contributed by atoms with E-state index < -0.39 is 0 Å². The van der Waals surface area contributed by atoms with Crippen molar-refractivity contribution in [2.45, 2.75) is 20.8 Å². The largest absolute Gasteiger partial charge is 0.296 e. The summed E-state index contributed by atoms with van der Waals surface area (Å²) in [5, 5.41) is 3.49. The maximum absolute atomic E-state index is 13.1. The highest BCUT2D eigenvalue weighted by molar-refractivity contribution is 7.15. The number of thiazole rings is 1. The summed E-state index contributed by atoms with van der Waals surface area (Å²) in [6.07, 6.45) is 3.68. The predicted octanol–water partition coefficient (Wildman–Crippen LogP) is 4.64. The lowest BCUT2D eigenvalue weighted by atomic mass is 10.1. The monoisotopic (exact) mass is 362 g/mol. The van der Waals surface area contributed by atoms with Crippen LogP contribution in [0.25, 0.3) is 16.9 Å². The average Bonchev–Trinajstić information content (AvgIpc) is 3.18. The fraction of sp³-hybridized carbons (Fsp3) is 0.150. The number of carbonyl (C=O) groups is 1. The minimum Gasteiger partial charge on any atom is -0.296 e. The SMILES string of the molecule is Cc1ccc(-c2nc3ccc(C)cn3c2C(=O)Nc2ncc(C)s2)cc1. The van der Waals surface area contributed by atoms with Crippen molar-refractivity contribution in [2.24, 2.45) is 0 Å². The van der Waals surface area contributed by atoms with Crippen molar-refractivity contribution in [3.8, 4) is 11.3 Å². The van der Waals surface area contributed by atoms with Gasteiger partial charge in [0.2, 0.25) is 0 Å². The molecule has 0 fully saturated rings. The van der Waals surface area contributed by atoms with Crippen LogP contribution in [0.15, 0.2) is 48.8 Å². The smallest absolute Gasteiger partial charge is 0.276 e. The molecule has 0 spiro atoms. The van der Waals surface area contributed by atoms with Gasteiger partial charge in [0.25, 0.3) is 5.91 Å². The first-order chi connectivity index (χ1) is 12.5. The summed E-state index contributed by atoms with van der Waals surface area (Å²) in [5.41, 5.74) is 5.06. The highest BCUT2D eigenvalue weighted by Gasteiger charge is 2.21. The second-order valence-electron chi connectivity index (χ2n) is 6.34. The molecular formula is C20H18N4OS. The lowest BCUT2D eigenvalue weighted by Gasteiger charge is -2.06. The highest BCUT2D eigenvalue weighted by atomic mass is 32.1. The van der Waals surface area contributed by atoms with Gasteiger partial charge in [0.15, 0.2) is 5.13 Å². The highest BCUT2D eigenvalue weighted by Crippen LogP contribution is 2.27. The van der Waals surface area contributed by atoms with E-state index >= 15 is 0 Å². The first kappa shape index (κ1) is 16.5. The van der Waals surface area contributed by atoms with Gasteiger partial charge in [0.05, 0.1) is 0 Å². The number of hydrogen-bond donors (Lipinski definition) is 1. The number of fused-ring (bicyclic) bond motifs is 1. The number of amides is 1. The Bertz CT molecular complexity index is 1110. The van der Waals surface area contributed by atoms with Crippen molar-refractivity contribution < 1.29 is 4.79 Å². The fourth-order valence-electron chi connectivity index (χ4n) is 2.85. The molecule has 1 aromatic carbocycles. The van der Waals surface area contributed by atoms with Gasteiger partial charge in [0.1, 0.15) is 17.0 Å². The Morgan fingerprint density at radius 2 is 1.77 bits per heavy atom. The number of anilines is 1. The van der Waals surface area contributed by atoms with Crippen LogP contribution in [0.1, 0.15) is 26.5 Å². The van der Waals surface area contributed by atoms with Crippen molar-refractivity contribution in [1.82, 2.24) is 14.4 Å². The number of carbonyl (C=O) groups excluding carboxylic acids is 1. The lowest BCUT2D eigenvalue weighted by Crippen LogP contribution is -2.15. The number of aromatic nitrogens is 3. The number of nitrogens with one attached hydrogen (secondary N) is 1.